The first kappa shape index (κ1) is 15.5. The van der Waals surface area contributed by atoms with E-state index >= 15 is 0 Å². The first-order chi connectivity index (χ1) is 9.97. The molecule has 1 atom stereocenters. The van der Waals surface area contributed by atoms with Crippen LogP contribution < -0.4 is 5.73 Å². The SMILES string of the molecule is Cc1ccc(C(=O)N2CCN(C(=O)CC(C)N)CC2)cc1. The van der Waals surface area contributed by atoms with Gasteiger partial charge in [-0.2, -0.15) is 0 Å². The van der Waals surface area contributed by atoms with Crippen molar-refractivity contribution in [2.45, 2.75) is 26.3 Å². The van der Waals surface area contributed by atoms with Gasteiger partial charge in [0.25, 0.3) is 5.91 Å². The molecule has 1 saturated heterocycles. The number of piperazine rings is 1. The molecule has 1 fully saturated rings. The number of hydrogen-bond donors (Lipinski definition) is 1. The lowest BCUT2D eigenvalue weighted by molar-refractivity contribution is -0.132. The summed E-state index contributed by atoms with van der Waals surface area (Å²) in [5.74, 6) is 0.113. The normalized spacial score (nSPS) is 16.7. The molecule has 1 unspecified atom stereocenters. The average molecular weight is 289 g/mol. The van der Waals surface area contributed by atoms with Crippen LogP contribution in [0.2, 0.25) is 0 Å². The molecule has 0 aliphatic carbocycles. The molecule has 5 heteroatoms. The van der Waals surface area contributed by atoms with E-state index in [2.05, 4.69) is 0 Å². The molecule has 1 aromatic rings. The van der Waals surface area contributed by atoms with Crippen molar-refractivity contribution in [1.82, 2.24) is 9.80 Å². The number of nitrogens with two attached hydrogens (primary N) is 1. The molecule has 2 N–H and O–H groups in total. The van der Waals surface area contributed by atoms with Crippen molar-refractivity contribution < 1.29 is 9.59 Å². The van der Waals surface area contributed by atoms with Crippen molar-refractivity contribution in [3.63, 3.8) is 0 Å². The topological polar surface area (TPSA) is 66.6 Å². The number of aryl methyl sites for hydroxylation is 1. The van der Waals surface area contributed by atoms with Crippen molar-refractivity contribution in [3.05, 3.63) is 35.4 Å². The quantitative estimate of drug-likeness (QED) is 0.903. The fraction of sp³-hybridized carbons (Fsp3) is 0.500. The molecule has 1 aliphatic rings. The second-order valence-electron chi connectivity index (χ2n) is 5.72. The van der Waals surface area contributed by atoms with Crippen LogP contribution in [0.1, 0.15) is 29.3 Å². The smallest absolute Gasteiger partial charge is 0.253 e. The summed E-state index contributed by atoms with van der Waals surface area (Å²) in [5, 5.41) is 0. The fourth-order valence-electron chi connectivity index (χ4n) is 2.44. The van der Waals surface area contributed by atoms with E-state index in [1.807, 2.05) is 38.1 Å². The summed E-state index contributed by atoms with van der Waals surface area (Å²) in [6.45, 7) is 6.16. The Labute approximate surface area is 125 Å². The van der Waals surface area contributed by atoms with Gasteiger partial charge in [0.1, 0.15) is 0 Å². The maximum Gasteiger partial charge on any atom is 0.253 e. The Balaban J connectivity index is 1.90. The number of hydrogen-bond acceptors (Lipinski definition) is 3. The standard InChI is InChI=1S/C16H23N3O2/c1-12-3-5-14(6-4-12)16(21)19-9-7-18(8-10-19)15(20)11-13(2)17/h3-6,13H,7-11,17H2,1-2H3. The summed E-state index contributed by atoms with van der Waals surface area (Å²) in [6.07, 6.45) is 0.367. The van der Waals surface area contributed by atoms with E-state index in [0.717, 1.165) is 5.56 Å². The second-order valence-corrected chi connectivity index (χ2v) is 5.72. The Bertz CT molecular complexity index is 503. The molecule has 0 radical (unpaired) electrons. The van der Waals surface area contributed by atoms with Gasteiger partial charge in [-0.1, -0.05) is 17.7 Å². The van der Waals surface area contributed by atoms with Gasteiger partial charge in [0, 0.05) is 44.2 Å². The Morgan fingerprint density at radius 2 is 1.62 bits per heavy atom. The molecule has 2 rings (SSSR count). The Morgan fingerprint density at radius 1 is 1.10 bits per heavy atom. The number of nitrogens with zero attached hydrogens (tertiary/aromatic N) is 2. The van der Waals surface area contributed by atoms with Gasteiger partial charge in [-0.25, -0.2) is 0 Å². The molecule has 114 valence electrons. The van der Waals surface area contributed by atoms with Crippen molar-refractivity contribution in [3.8, 4) is 0 Å². The number of carbonyl (C=O) groups is 2. The number of amides is 2. The van der Waals surface area contributed by atoms with Crippen LogP contribution in [0.5, 0.6) is 0 Å². The van der Waals surface area contributed by atoms with Gasteiger partial charge in [0.2, 0.25) is 5.91 Å². The summed E-state index contributed by atoms with van der Waals surface area (Å²) in [5.41, 5.74) is 7.49. The van der Waals surface area contributed by atoms with Crippen LogP contribution in [0.3, 0.4) is 0 Å². The fourth-order valence-corrected chi connectivity index (χ4v) is 2.44. The highest BCUT2D eigenvalue weighted by molar-refractivity contribution is 5.94. The molecule has 1 aromatic carbocycles. The average Bonchev–Trinajstić information content (AvgIpc) is 2.47. The molecule has 5 nitrogen and oxygen atoms in total. The Hall–Kier alpha value is -1.88. The molecule has 0 bridgehead atoms. The van der Waals surface area contributed by atoms with Crippen molar-refractivity contribution in [2.24, 2.45) is 5.73 Å². The van der Waals surface area contributed by atoms with Gasteiger partial charge in [0.15, 0.2) is 0 Å². The number of benzene rings is 1. The summed E-state index contributed by atoms with van der Waals surface area (Å²) in [6, 6.07) is 7.46. The van der Waals surface area contributed by atoms with E-state index in [1.165, 1.54) is 0 Å². The van der Waals surface area contributed by atoms with E-state index < -0.39 is 0 Å². The predicted octanol–water partition coefficient (Wildman–Crippen LogP) is 1.02. The van der Waals surface area contributed by atoms with E-state index in [-0.39, 0.29) is 17.9 Å². The van der Waals surface area contributed by atoms with Crippen LogP contribution in [0.4, 0.5) is 0 Å². The van der Waals surface area contributed by atoms with Gasteiger partial charge in [-0.15, -0.1) is 0 Å². The van der Waals surface area contributed by atoms with Gasteiger partial charge in [-0.3, -0.25) is 9.59 Å². The van der Waals surface area contributed by atoms with Crippen LogP contribution in [-0.4, -0.2) is 53.8 Å². The monoisotopic (exact) mass is 289 g/mol. The van der Waals surface area contributed by atoms with Crippen LogP contribution in [-0.2, 0) is 4.79 Å². The first-order valence-corrected chi connectivity index (χ1v) is 7.36. The maximum atomic E-state index is 12.4. The zero-order chi connectivity index (χ0) is 15.4. The molecular weight excluding hydrogens is 266 g/mol. The van der Waals surface area contributed by atoms with E-state index in [9.17, 15) is 9.59 Å². The third-order valence-electron chi connectivity index (χ3n) is 3.71. The van der Waals surface area contributed by atoms with E-state index in [0.29, 0.717) is 38.2 Å². The maximum absolute atomic E-state index is 12.4. The lowest BCUT2D eigenvalue weighted by atomic mass is 10.1. The molecule has 0 spiro atoms. The lowest BCUT2D eigenvalue weighted by Gasteiger charge is -2.35. The number of rotatable bonds is 3. The second kappa shape index (κ2) is 6.72. The summed E-state index contributed by atoms with van der Waals surface area (Å²) >= 11 is 0. The van der Waals surface area contributed by atoms with Crippen molar-refractivity contribution >= 4 is 11.8 Å². The van der Waals surface area contributed by atoms with E-state index in [4.69, 9.17) is 5.73 Å². The van der Waals surface area contributed by atoms with E-state index in [1.54, 1.807) is 9.80 Å². The highest BCUT2D eigenvalue weighted by atomic mass is 16.2. The summed E-state index contributed by atoms with van der Waals surface area (Å²) in [7, 11) is 0. The Morgan fingerprint density at radius 3 is 2.14 bits per heavy atom. The molecule has 0 saturated carbocycles. The lowest BCUT2D eigenvalue weighted by Crippen LogP contribution is -2.51. The van der Waals surface area contributed by atoms with Gasteiger partial charge in [-0.05, 0) is 26.0 Å². The summed E-state index contributed by atoms with van der Waals surface area (Å²) < 4.78 is 0. The largest absolute Gasteiger partial charge is 0.339 e. The third-order valence-corrected chi connectivity index (χ3v) is 3.71. The van der Waals surface area contributed by atoms with Crippen molar-refractivity contribution in [1.29, 1.82) is 0 Å². The predicted molar refractivity (Wildman–Crippen MR) is 81.9 cm³/mol. The Kier molecular flexibility index (Phi) is 4.96. The van der Waals surface area contributed by atoms with Gasteiger partial charge in [0.05, 0.1) is 0 Å². The van der Waals surface area contributed by atoms with Crippen LogP contribution >= 0.6 is 0 Å². The molecule has 0 aromatic heterocycles. The molecule has 2 amide bonds. The molecule has 1 aliphatic heterocycles. The molecular formula is C16H23N3O2. The zero-order valence-electron chi connectivity index (χ0n) is 12.7. The molecule has 21 heavy (non-hydrogen) atoms. The third kappa shape index (κ3) is 4.04. The zero-order valence-corrected chi connectivity index (χ0v) is 12.7. The minimum atomic E-state index is -0.121. The number of carbonyl (C=O) groups excluding carboxylic acids is 2. The minimum absolute atomic E-state index is 0.0364. The van der Waals surface area contributed by atoms with Crippen molar-refractivity contribution in [2.75, 3.05) is 26.2 Å². The summed E-state index contributed by atoms with van der Waals surface area (Å²) in [4.78, 5) is 27.9. The molecule has 1 heterocycles. The first-order valence-electron chi connectivity index (χ1n) is 7.36. The highest BCUT2D eigenvalue weighted by Gasteiger charge is 2.24. The highest BCUT2D eigenvalue weighted by Crippen LogP contribution is 2.11. The van der Waals surface area contributed by atoms with Crippen LogP contribution in [0.25, 0.3) is 0 Å². The van der Waals surface area contributed by atoms with Crippen LogP contribution in [0, 0.1) is 6.92 Å². The van der Waals surface area contributed by atoms with Gasteiger partial charge < -0.3 is 15.5 Å². The minimum Gasteiger partial charge on any atom is -0.339 e. The van der Waals surface area contributed by atoms with Gasteiger partial charge >= 0.3 is 0 Å². The van der Waals surface area contributed by atoms with Crippen LogP contribution in [0.15, 0.2) is 24.3 Å².